The van der Waals surface area contributed by atoms with Gasteiger partial charge in [-0.05, 0) is 172 Å². The summed E-state index contributed by atoms with van der Waals surface area (Å²) in [5.41, 5.74) is 29.1. The van der Waals surface area contributed by atoms with Gasteiger partial charge in [0.2, 0.25) is 23.0 Å². The predicted molar refractivity (Wildman–Crippen MR) is 415 cm³/mol. The number of carboxylic acids is 1. The third-order valence-corrected chi connectivity index (χ3v) is 18.6. The van der Waals surface area contributed by atoms with Gasteiger partial charge in [-0.2, -0.15) is 0 Å². The number of fused-ring (bicyclic) bond motifs is 9. The van der Waals surface area contributed by atoms with Crippen molar-refractivity contribution in [3.05, 3.63) is 221 Å². The van der Waals surface area contributed by atoms with Gasteiger partial charge in [0, 0.05) is 132 Å². The number of anilines is 4. The molecule has 0 atom stereocenters. The van der Waals surface area contributed by atoms with Gasteiger partial charge in [0.05, 0.1) is 28.7 Å². The largest absolute Gasteiger partial charge is 0.505 e. The lowest BCUT2D eigenvalue weighted by atomic mass is 9.94. The Kier molecular flexibility index (Phi) is 31.0. The lowest BCUT2D eigenvalue weighted by molar-refractivity contribution is -0.145. The number of rotatable bonds is 9. The number of carbonyl (C=O) groups excluding carboxylic acids is 9. The number of aromatic hydroxyl groups is 1. The first kappa shape index (κ1) is 83.7. The molecule has 0 aliphatic carbocycles. The summed E-state index contributed by atoms with van der Waals surface area (Å²) >= 11 is 16.3. The number of carbonyl (C=O) groups is 10. The molecule has 14 rings (SSSR count). The van der Waals surface area contributed by atoms with E-state index in [1.165, 1.54) is 43.0 Å². The van der Waals surface area contributed by atoms with E-state index in [2.05, 4.69) is 54.7 Å². The van der Waals surface area contributed by atoms with Crippen LogP contribution in [0, 0.1) is 5.41 Å². The fourth-order valence-electron chi connectivity index (χ4n) is 12.6. The Bertz CT molecular complexity index is 4670. The Labute approximate surface area is 640 Å². The number of hydrogen-bond donors (Lipinski definition) is 9. The zero-order valence-corrected chi connectivity index (χ0v) is 62.9. The molecular formula is C79H85Cl4N11O13. The number of nitrogen functional groups attached to an aromatic ring is 2. The average Bonchev–Trinajstić information content (AvgIpc) is 1.18. The first-order chi connectivity index (χ1) is 50.6. The second-order valence-electron chi connectivity index (χ2n) is 25.5. The predicted octanol–water partition coefficient (Wildman–Crippen LogP) is 10.7. The van der Waals surface area contributed by atoms with Crippen molar-refractivity contribution < 1.29 is 62.9 Å². The number of Topliss-reactive ketones (excluding diaryl/α,β-unsaturated/α-hetero) is 2. The minimum atomic E-state index is -1.16. The zero-order valence-electron chi connectivity index (χ0n) is 59.8. The smallest absolute Gasteiger partial charge is 0.340 e. The van der Waals surface area contributed by atoms with Crippen LogP contribution in [0.25, 0.3) is 10.9 Å². The SMILES string of the molecule is CC(=O)Cl.CC(=O)N1CCc2ccc3c(c2C1)NC(=O)C3=O.CC(=O)N1CCc2cccc(N)c2C1.CC(=O)N1CCc2cccc(NC(=O)C=N)c2C1.CC(=O)OCC(=O)Cc1ccc(Cl)cc1.Cl.Nc1cccc2c1CNCC2.O=C(O)c1c(O)c(Cc2ccc(Cl)cc2)nc2c3c(ccc12)CCNC3. The van der Waals surface area contributed by atoms with E-state index in [9.17, 15) is 58.2 Å². The minimum Gasteiger partial charge on any atom is -0.505 e. The molecule has 0 radical (unpaired) electrons. The molecule has 6 aliphatic heterocycles. The molecule has 0 unspecified atom stereocenters. The summed E-state index contributed by atoms with van der Waals surface area (Å²) < 4.78 is 4.59. The fourth-order valence-corrected chi connectivity index (χ4v) is 12.9. The first-order valence-electron chi connectivity index (χ1n) is 34.1. The summed E-state index contributed by atoms with van der Waals surface area (Å²) in [5, 5.41) is 40.4. The van der Waals surface area contributed by atoms with E-state index in [-0.39, 0.29) is 65.5 Å². The standard InChI is InChI=1S/C20H17ClN2O3.C13H15N3O2.C13H12N2O3.C11H11ClO3.C11H14N2O.C9H12N2.C2H3ClO.ClH/c21-13-4-1-11(2-5-13)9-16-19(24)17(20(25)26)14-6-3-12-7-8-22-10-15(12)18(14)23-16;1-9(17)16-6-5-10-3-2-4-12(11(10)8-16)15-13(18)7-14;1-7(16)15-5-4-8-2-3-9-11(10(8)6-15)14-13(18)12(9)17;1-8(13)15-7-11(14)6-9-2-4-10(12)5-3-9;1-8(14)13-6-5-9-3-2-4-11(12)10(9)7-13;10-9-3-1-2-7-4-5-11-6-8(7)9;1-2(3)4;/h1-6,22,24H,7-10H2,(H,25,26);2-4,7,14H,5-6,8H2,1H3,(H,15,18);2-3H,4-6H2,1H3,(H,14,17,18);2-5H,6-7H2,1H3;2-4H,5-7,12H2,1H3;1-3,11H,4-6,10H2;1H3;1H. The molecule has 6 aliphatic rings. The molecule has 1 aromatic heterocycles. The zero-order chi connectivity index (χ0) is 76.9. The number of nitrogens with one attached hydrogen (secondary N) is 5. The van der Waals surface area contributed by atoms with Gasteiger partial charge < -0.3 is 67.8 Å². The second-order valence-corrected chi connectivity index (χ2v) is 26.9. The van der Waals surface area contributed by atoms with Gasteiger partial charge in [0.25, 0.3) is 17.6 Å². The Hall–Kier alpha value is -10.6. The van der Waals surface area contributed by atoms with E-state index >= 15 is 0 Å². The quantitative estimate of drug-likeness (QED) is 0.0213. The molecule has 11 N–H and O–H groups in total. The first-order valence-corrected chi connectivity index (χ1v) is 35.3. The molecule has 0 spiro atoms. The van der Waals surface area contributed by atoms with Crippen LogP contribution in [0.5, 0.6) is 5.75 Å². The molecule has 562 valence electrons. The number of aromatic nitrogens is 1. The number of benzene rings is 7. The van der Waals surface area contributed by atoms with Gasteiger partial charge in [-0.1, -0.05) is 102 Å². The molecule has 24 nitrogen and oxygen atoms in total. The van der Waals surface area contributed by atoms with E-state index in [1.54, 1.807) is 78.2 Å². The topological polar surface area (TPSA) is 367 Å². The maximum atomic E-state index is 11.8. The summed E-state index contributed by atoms with van der Waals surface area (Å²) in [7, 11) is 0. The van der Waals surface area contributed by atoms with Crippen LogP contribution in [-0.2, 0) is 121 Å². The summed E-state index contributed by atoms with van der Waals surface area (Å²) in [4.78, 5) is 121. The van der Waals surface area contributed by atoms with Crippen LogP contribution in [0.1, 0.15) is 128 Å². The molecule has 7 aromatic carbocycles. The van der Waals surface area contributed by atoms with Crippen LogP contribution in [0.4, 0.5) is 22.7 Å². The van der Waals surface area contributed by atoms with E-state index in [4.69, 9.17) is 40.1 Å². The summed E-state index contributed by atoms with van der Waals surface area (Å²) in [5.74, 6) is -3.37. The van der Waals surface area contributed by atoms with Gasteiger partial charge >= 0.3 is 11.9 Å². The number of aromatic carboxylic acids is 1. The average molecular weight is 1540 g/mol. The lowest BCUT2D eigenvalue weighted by Gasteiger charge is -2.29. The molecule has 7 heterocycles. The highest BCUT2D eigenvalue weighted by Gasteiger charge is 2.33. The molecule has 0 saturated carbocycles. The van der Waals surface area contributed by atoms with Crippen molar-refractivity contribution in [2.24, 2.45) is 0 Å². The number of hydrogen-bond acceptors (Lipinski definition) is 18. The molecule has 0 bridgehead atoms. The van der Waals surface area contributed by atoms with Gasteiger partial charge in [-0.25, -0.2) is 9.78 Å². The van der Waals surface area contributed by atoms with Crippen LogP contribution in [0.15, 0.2) is 127 Å². The van der Waals surface area contributed by atoms with Crippen molar-refractivity contribution in [2.75, 3.05) is 61.4 Å². The van der Waals surface area contributed by atoms with Gasteiger partial charge in [0.15, 0.2) is 11.5 Å². The number of nitrogens with two attached hydrogens (primary N) is 2. The molecule has 0 fully saturated rings. The van der Waals surface area contributed by atoms with Crippen LogP contribution in [0.2, 0.25) is 10.0 Å². The summed E-state index contributed by atoms with van der Waals surface area (Å²) in [6, 6.07) is 39.2. The third kappa shape index (κ3) is 23.2. The van der Waals surface area contributed by atoms with E-state index in [0.29, 0.717) is 89.3 Å². The molecule has 8 aromatic rings. The van der Waals surface area contributed by atoms with Gasteiger partial charge in [-0.3, -0.25) is 43.2 Å². The second kappa shape index (κ2) is 39.7. The number of amides is 5. The monoisotopic (exact) mass is 1540 g/mol. The Morgan fingerprint density at radius 3 is 1.60 bits per heavy atom. The Balaban J connectivity index is 0.000000180. The van der Waals surface area contributed by atoms with E-state index in [1.807, 2.05) is 65.6 Å². The maximum Gasteiger partial charge on any atom is 0.340 e. The van der Waals surface area contributed by atoms with Gasteiger partial charge in [0.1, 0.15) is 12.2 Å². The number of ketones is 2. The van der Waals surface area contributed by atoms with Crippen molar-refractivity contribution in [1.82, 2.24) is 30.3 Å². The van der Waals surface area contributed by atoms with Crippen LogP contribution >= 0.6 is 47.2 Å². The van der Waals surface area contributed by atoms with Crippen molar-refractivity contribution >= 4 is 145 Å². The number of carboxylic acid groups (broad SMARTS) is 1. The van der Waals surface area contributed by atoms with Crippen LogP contribution in [0.3, 0.4) is 0 Å². The highest BCUT2D eigenvalue weighted by atomic mass is 35.5. The molecular weight excluding hydrogens is 1450 g/mol. The summed E-state index contributed by atoms with van der Waals surface area (Å²) in [6.45, 7) is 14.5. The molecule has 5 amide bonds. The Morgan fingerprint density at radius 2 is 1.07 bits per heavy atom. The van der Waals surface area contributed by atoms with Crippen molar-refractivity contribution in [2.45, 2.75) is 112 Å². The highest BCUT2D eigenvalue weighted by Crippen LogP contribution is 2.36. The van der Waals surface area contributed by atoms with Crippen molar-refractivity contribution in [3.63, 3.8) is 0 Å². The molecule has 0 saturated heterocycles. The molecule has 107 heavy (non-hydrogen) atoms. The van der Waals surface area contributed by atoms with E-state index < -0.39 is 29.5 Å². The van der Waals surface area contributed by atoms with Gasteiger partial charge in [-0.15, -0.1) is 12.4 Å². The van der Waals surface area contributed by atoms with Crippen molar-refractivity contribution in [1.29, 1.82) is 5.41 Å². The summed E-state index contributed by atoms with van der Waals surface area (Å²) in [6.07, 6.45) is 5.78. The number of esters is 1. The van der Waals surface area contributed by atoms with Crippen molar-refractivity contribution in [3.8, 4) is 5.75 Å². The van der Waals surface area contributed by atoms with Crippen LogP contribution in [-0.4, -0.2) is 134 Å². The lowest BCUT2D eigenvalue weighted by Crippen LogP contribution is -2.34. The maximum absolute atomic E-state index is 11.8. The molecule has 28 heteroatoms. The number of halogens is 4. The van der Waals surface area contributed by atoms with Crippen LogP contribution < -0.4 is 32.7 Å². The highest BCUT2D eigenvalue weighted by molar-refractivity contribution is 6.62. The number of pyridine rings is 1. The number of nitrogens with zero attached hydrogens (tertiary/aromatic N) is 4. The minimum absolute atomic E-state index is 0. The fraction of sp³-hybridized carbons (Fsp3) is 0.291. The van der Waals surface area contributed by atoms with E-state index in [0.717, 1.165) is 120 Å². The number of ether oxygens (including phenoxy) is 1. The normalized spacial score (nSPS) is 13.7. The Morgan fingerprint density at radius 1 is 0.607 bits per heavy atom. The third-order valence-electron chi connectivity index (χ3n) is 18.1.